The van der Waals surface area contributed by atoms with Crippen LogP contribution in [0.25, 0.3) is 0 Å². The number of nitrogens with zero attached hydrogens (tertiary/aromatic N) is 1. The van der Waals surface area contributed by atoms with Crippen LogP contribution in [0, 0.1) is 18.7 Å². The monoisotopic (exact) mass is 347 g/mol. The average Bonchev–Trinajstić information content (AvgIpc) is 3.21. The molecule has 1 amide bonds. The summed E-state index contributed by atoms with van der Waals surface area (Å²) in [4.78, 5) is 26.4. The third kappa shape index (κ3) is 3.64. The molecule has 1 fully saturated rings. The Bertz CT molecular complexity index is 756. The van der Waals surface area contributed by atoms with Gasteiger partial charge in [0.15, 0.2) is 0 Å². The molecule has 0 spiro atoms. The lowest BCUT2D eigenvalue weighted by Gasteiger charge is -2.21. The summed E-state index contributed by atoms with van der Waals surface area (Å²) in [5.41, 5.74) is 1.90. The minimum atomic E-state index is -1.05. The normalized spacial score (nSPS) is 19.1. The van der Waals surface area contributed by atoms with Gasteiger partial charge in [-0.05, 0) is 48.1 Å². The van der Waals surface area contributed by atoms with E-state index in [9.17, 15) is 14.0 Å². The molecule has 0 radical (unpaired) electrons. The molecule has 6 heteroatoms. The smallest absolute Gasteiger partial charge is 0.323 e. The van der Waals surface area contributed by atoms with Crippen molar-refractivity contribution in [1.82, 2.24) is 4.90 Å². The second-order valence-electron chi connectivity index (χ2n) is 6.13. The van der Waals surface area contributed by atoms with E-state index in [1.54, 1.807) is 23.5 Å². The number of benzene rings is 1. The molecule has 1 aromatic carbocycles. The van der Waals surface area contributed by atoms with Crippen LogP contribution < -0.4 is 0 Å². The number of carboxylic acids is 1. The summed E-state index contributed by atoms with van der Waals surface area (Å²) in [7, 11) is 0. The molecule has 2 aromatic rings. The molecule has 2 unspecified atom stereocenters. The first kappa shape index (κ1) is 16.6. The highest BCUT2D eigenvalue weighted by atomic mass is 32.1. The summed E-state index contributed by atoms with van der Waals surface area (Å²) in [6.07, 6.45) is 0.764. The van der Waals surface area contributed by atoms with Gasteiger partial charge in [0.2, 0.25) is 5.91 Å². The van der Waals surface area contributed by atoms with E-state index in [4.69, 9.17) is 5.11 Å². The van der Waals surface area contributed by atoms with E-state index >= 15 is 0 Å². The maximum Gasteiger partial charge on any atom is 0.323 e. The predicted molar refractivity (Wildman–Crippen MR) is 89.4 cm³/mol. The highest BCUT2D eigenvalue weighted by Crippen LogP contribution is 2.51. The second-order valence-corrected chi connectivity index (χ2v) is 7.08. The SMILES string of the molecule is Cc1ccsc1C1CC1C(=O)N(CC(=O)O)Cc1ccc(F)cc1. The van der Waals surface area contributed by atoms with E-state index in [0.29, 0.717) is 0 Å². The van der Waals surface area contributed by atoms with Crippen LogP contribution in [0.1, 0.15) is 28.3 Å². The first-order valence-electron chi connectivity index (χ1n) is 7.74. The number of aliphatic carboxylic acids is 1. The third-order valence-electron chi connectivity index (χ3n) is 4.27. The lowest BCUT2D eigenvalue weighted by molar-refractivity contribution is -0.145. The summed E-state index contributed by atoms with van der Waals surface area (Å²) in [5.74, 6) is -1.50. The Hall–Kier alpha value is -2.21. The Kier molecular flexibility index (Phi) is 4.66. The Labute approximate surface area is 143 Å². The molecular weight excluding hydrogens is 329 g/mol. The van der Waals surface area contributed by atoms with Crippen LogP contribution in [0.5, 0.6) is 0 Å². The highest BCUT2D eigenvalue weighted by molar-refractivity contribution is 7.10. The third-order valence-corrected chi connectivity index (χ3v) is 5.42. The molecule has 1 aliphatic carbocycles. The molecule has 1 N–H and O–H groups in total. The molecule has 0 aliphatic heterocycles. The van der Waals surface area contributed by atoms with E-state index in [2.05, 4.69) is 0 Å². The fraction of sp³-hybridized carbons (Fsp3) is 0.333. The Balaban J connectivity index is 1.72. The molecule has 4 nitrogen and oxygen atoms in total. The van der Waals surface area contributed by atoms with Gasteiger partial charge in [-0.1, -0.05) is 12.1 Å². The van der Waals surface area contributed by atoms with Gasteiger partial charge in [0.1, 0.15) is 12.4 Å². The molecule has 24 heavy (non-hydrogen) atoms. The van der Waals surface area contributed by atoms with Crippen molar-refractivity contribution in [3.63, 3.8) is 0 Å². The Morgan fingerprint density at radius 3 is 2.58 bits per heavy atom. The first-order chi connectivity index (χ1) is 11.5. The molecule has 126 valence electrons. The largest absolute Gasteiger partial charge is 0.480 e. The summed E-state index contributed by atoms with van der Waals surface area (Å²) in [5, 5.41) is 11.1. The standard InChI is InChI=1S/C18H18FNO3S/c1-11-6-7-24-17(11)14-8-15(14)18(23)20(10-16(21)22)9-12-2-4-13(19)5-3-12/h2-7,14-15H,8-10H2,1H3,(H,21,22). The molecule has 0 bridgehead atoms. The van der Waals surface area contributed by atoms with Crippen molar-refractivity contribution >= 4 is 23.2 Å². The molecule has 1 heterocycles. The van der Waals surface area contributed by atoms with Crippen LogP contribution in [-0.2, 0) is 16.1 Å². The van der Waals surface area contributed by atoms with E-state index in [-0.39, 0.29) is 36.6 Å². The number of aryl methyl sites for hydroxylation is 1. The Morgan fingerprint density at radius 2 is 2.00 bits per heavy atom. The number of carboxylic acid groups (broad SMARTS) is 1. The van der Waals surface area contributed by atoms with E-state index in [1.807, 2.05) is 18.4 Å². The maximum atomic E-state index is 13.0. The second kappa shape index (κ2) is 6.73. The molecule has 1 aromatic heterocycles. The van der Waals surface area contributed by atoms with Crippen LogP contribution in [-0.4, -0.2) is 28.4 Å². The van der Waals surface area contributed by atoms with E-state index in [0.717, 1.165) is 12.0 Å². The number of rotatable bonds is 6. The van der Waals surface area contributed by atoms with Gasteiger partial charge in [0.25, 0.3) is 0 Å². The van der Waals surface area contributed by atoms with E-state index < -0.39 is 5.97 Å². The quantitative estimate of drug-likeness (QED) is 0.871. The molecule has 1 aliphatic rings. The lowest BCUT2D eigenvalue weighted by Crippen LogP contribution is -2.36. The minimum Gasteiger partial charge on any atom is -0.480 e. The van der Waals surface area contributed by atoms with Crippen molar-refractivity contribution in [3.05, 3.63) is 57.5 Å². The van der Waals surface area contributed by atoms with Gasteiger partial charge in [-0.2, -0.15) is 0 Å². The zero-order valence-electron chi connectivity index (χ0n) is 13.2. The van der Waals surface area contributed by atoms with Gasteiger partial charge in [0.05, 0.1) is 0 Å². The van der Waals surface area contributed by atoms with Crippen molar-refractivity contribution in [2.75, 3.05) is 6.54 Å². The summed E-state index contributed by atoms with van der Waals surface area (Å²) in [6, 6.07) is 7.81. The number of carbonyl (C=O) groups is 2. The zero-order chi connectivity index (χ0) is 17.3. The number of halogens is 1. The van der Waals surface area contributed by atoms with Gasteiger partial charge in [0, 0.05) is 23.3 Å². The minimum absolute atomic E-state index is 0.139. The molecule has 1 saturated carbocycles. The van der Waals surface area contributed by atoms with Gasteiger partial charge < -0.3 is 10.0 Å². The topological polar surface area (TPSA) is 57.6 Å². The number of hydrogen-bond acceptors (Lipinski definition) is 3. The van der Waals surface area contributed by atoms with Crippen LogP contribution in [0.2, 0.25) is 0 Å². The molecular formula is C18H18FNO3S. The van der Waals surface area contributed by atoms with Gasteiger partial charge in [-0.25, -0.2) is 4.39 Å². The van der Waals surface area contributed by atoms with Crippen molar-refractivity contribution in [1.29, 1.82) is 0 Å². The lowest BCUT2D eigenvalue weighted by atomic mass is 10.1. The first-order valence-corrected chi connectivity index (χ1v) is 8.62. The number of hydrogen-bond donors (Lipinski definition) is 1. The summed E-state index contributed by atoms with van der Waals surface area (Å²) >= 11 is 1.64. The van der Waals surface area contributed by atoms with Crippen LogP contribution in [0.3, 0.4) is 0 Å². The number of amides is 1. The fourth-order valence-electron chi connectivity index (χ4n) is 2.94. The van der Waals surface area contributed by atoms with Crippen molar-refractivity contribution in [2.24, 2.45) is 5.92 Å². The van der Waals surface area contributed by atoms with Crippen LogP contribution >= 0.6 is 11.3 Å². The molecule has 2 atom stereocenters. The zero-order valence-corrected chi connectivity index (χ0v) is 14.1. The van der Waals surface area contributed by atoms with Crippen molar-refractivity contribution in [2.45, 2.75) is 25.8 Å². The van der Waals surface area contributed by atoms with Gasteiger partial charge in [-0.3, -0.25) is 9.59 Å². The van der Waals surface area contributed by atoms with Crippen molar-refractivity contribution in [3.8, 4) is 0 Å². The maximum absolute atomic E-state index is 13.0. The van der Waals surface area contributed by atoms with Crippen molar-refractivity contribution < 1.29 is 19.1 Å². The Morgan fingerprint density at radius 1 is 1.29 bits per heavy atom. The van der Waals surface area contributed by atoms with Crippen LogP contribution in [0.4, 0.5) is 4.39 Å². The summed E-state index contributed by atoms with van der Waals surface area (Å²) in [6.45, 7) is 1.86. The fourth-order valence-corrected chi connectivity index (χ4v) is 4.05. The molecule has 0 saturated heterocycles. The highest BCUT2D eigenvalue weighted by Gasteiger charge is 2.47. The molecule has 3 rings (SSSR count). The number of carbonyl (C=O) groups excluding carboxylic acids is 1. The van der Waals surface area contributed by atoms with Gasteiger partial charge in [-0.15, -0.1) is 11.3 Å². The van der Waals surface area contributed by atoms with E-state index in [1.165, 1.54) is 27.5 Å². The average molecular weight is 347 g/mol. The predicted octanol–water partition coefficient (Wildman–Crippen LogP) is 3.41. The summed E-state index contributed by atoms with van der Waals surface area (Å²) < 4.78 is 13.0. The van der Waals surface area contributed by atoms with Crippen LogP contribution in [0.15, 0.2) is 35.7 Å². The van der Waals surface area contributed by atoms with Gasteiger partial charge >= 0.3 is 5.97 Å². The number of thiophene rings is 1.